The van der Waals surface area contributed by atoms with E-state index in [0.717, 1.165) is 29.8 Å². The molecular weight excluding hydrogens is 424 g/mol. The van der Waals surface area contributed by atoms with E-state index in [1.807, 2.05) is 31.2 Å². The van der Waals surface area contributed by atoms with Crippen molar-refractivity contribution in [1.82, 2.24) is 23.6 Å². The van der Waals surface area contributed by atoms with Crippen molar-refractivity contribution in [2.24, 2.45) is 14.1 Å². The summed E-state index contributed by atoms with van der Waals surface area (Å²) in [6.45, 7) is 9.54. The molecule has 0 aliphatic rings. The Balaban J connectivity index is 1.90. The van der Waals surface area contributed by atoms with Crippen LogP contribution in [0, 0.1) is 6.92 Å². The number of hydrogen-bond acceptors (Lipinski definition) is 7. The zero-order valence-corrected chi connectivity index (χ0v) is 20.0. The van der Waals surface area contributed by atoms with Crippen molar-refractivity contribution < 1.29 is 9.84 Å². The zero-order chi connectivity index (χ0) is 24.1. The molecule has 10 heteroatoms. The highest BCUT2D eigenvalue weighted by Gasteiger charge is 2.21. The van der Waals surface area contributed by atoms with Gasteiger partial charge in [0, 0.05) is 27.2 Å². The van der Waals surface area contributed by atoms with E-state index in [-0.39, 0.29) is 24.3 Å². The van der Waals surface area contributed by atoms with Gasteiger partial charge in [-0.1, -0.05) is 32.0 Å². The molecule has 0 fully saturated rings. The fourth-order valence-corrected chi connectivity index (χ4v) is 3.79. The first-order valence-corrected chi connectivity index (χ1v) is 11.3. The number of aliphatic hydroxyl groups is 1. The normalized spacial score (nSPS) is 12.5. The van der Waals surface area contributed by atoms with Crippen LogP contribution in [-0.2, 0) is 20.6 Å². The van der Waals surface area contributed by atoms with Crippen LogP contribution in [0.2, 0.25) is 0 Å². The van der Waals surface area contributed by atoms with Crippen molar-refractivity contribution in [2.75, 3.05) is 38.1 Å². The van der Waals surface area contributed by atoms with Gasteiger partial charge in [0.2, 0.25) is 5.95 Å². The van der Waals surface area contributed by atoms with Crippen LogP contribution in [0.5, 0.6) is 5.75 Å². The standard InChI is InChI=1S/C23H34N6O4/c1-6-28(7-2)13-12-24-22-25-20-19(21(31)27(5)23(32)26(20)4)29(22)14-17(30)15-33-18-11-9-8-10-16(18)3/h8-11,17,30H,6-7,12-15H2,1-5H3,(H,24,25). The molecule has 10 nitrogen and oxygen atoms in total. The summed E-state index contributed by atoms with van der Waals surface area (Å²) in [6, 6.07) is 7.58. The van der Waals surface area contributed by atoms with E-state index >= 15 is 0 Å². The Bertz CT molecular complexity index is 1210. The average Bonchev–Trinajstić information content (AvgIpc) is 3.16. The smallest absolute Gasteiger partial charge is 0.332 e. The lowest BCUT2D eigenvalue weighted by molar-refractivity contribution is 0.0935. The summed E-state index contributed by atoms with van der Waals surface area (Å²) >= 11 is 0. The summed E-state index contributed by atoms with van der Waals surface area (Å²) in [7, 11) is 3.02. The Kier molecular flexibility index (Phi) is 7.93. The monoisotopic (exact) mass is 458 g/mol. The van der Waals surface area contributed by atoms with Crippen molar-refractivity contribution in [3.8, 4) is 5.75 Å². The van der Waals surface area contributed by atoms with Gasteiger partial charge < -0.3 is 24.6 Å². The Morgan fingerprint density at radius 1 is 1.15 bits per heavy atom. The summed E-state index contributed by atoms with van der Waals surface area (Å²) in [6.07, 6.45) is -0.896. The maximum absolute atomic E-state index is 13.0. The minimum absolute atomic E-state index is 0.0511. The van der Waals surface area contributed by atoms with Gasteiger partial charge in [-0.25, -0.2) is 4.79 Å². The molecule has 0 spiro atoms. The molecule has 2 aromatic heterocycles. The highest BCUT2D eigenvalue weighted by Crippen LogP contribution is 2.19. The highest BCUT2D eigenvalue weighted by atomic mass is 16.5. The molecule has 180 valence electrons. The summed E-state index contributed by atoms with van der Waals surface area (Å²) in [5.74, 6) is 1.13. The SMILES string of the molecule is CCN(CC)CCNc1nc2c(c(=O)n(C)c(=O)n2C)n1CC(O)COc1ccccc1C. The summed E-state index contributed by atoms with van der Waals surface area (Å²) in [5, 5.41) is 14.0. The maximum Gasteiger partial charge on any atom is 0.332 e. The zero-order valence-electron chi connectivity index (χ0n) is 20.0. The lowest BCUT2D eigenvalue weighted by Gasteiger charge is -2.19. The molecular formula is C23H34N6O4. The van der Waals surface area contributed by atoms with Crippen LogP contribution in [-0.4, -0.2) is 67.6 Å². The Labute approximate surface area is 193 Å². The minimum atomic E-state index is -0.896. The van der Waals surface area contributed by atoms with Gasteiger partial charge in [0.15, 0.2) is 11.2 Å². The lowest BCUT2D eigenvalue weighted by atomic mass is 10.2. The summed E-state index contributed by atoms with van der Waals surface area (Å²) < 4.78 is 9.83. The molecule has 0 radical (unpaired) electrons. The third-order valence-electron chi connectivity index (χ3n) is 5.87. The lowest BCUT2D eigenvalue weighted by Crippen LogP contribution is -2.38. The molecule has 3 aromatic rings. The summed E-state index contributed by atoms with van der Waals surface area (Å²) in [5.41, 5.74) is 0.612. The second kappa shape index (κ2) is 10.7. The van der Waals surface area contributed by atoms with Crippen LogP contribution < -0.4 is 21.3 Å². The van der Waals surface area contributed by atoms with Crippen molar-refractivity contribution in [3.63, 3.8) is 0 Å². The Hall–Kier alpha value is -3.11. The van der Waals surface area contributed by atoms with Crippen LogP contribution in [0.3, 0.4) is 0 Å². The second-order valence-electron chi connectivity index (χ2n) is 8.11. The van der Waals surface area contributed by atoms with Crippen LogP contribution in [0.15, 0.2) is 33.9 Å². The van der Waals surface area contributed by atoms with Gasteiger partial charge in [-0.2, -0.15) is 4.98 Å². The van der Waals surface area contributed by atoms with E-state index in [1.54, 1.807) is 11.6 Å². The Morgan fingerprint density at radius 2 is 1.85 bits per heavy atom. The molecule has 2 heterocycles. The van der Waals surface area contributed by atoms with Crippen LogP contribution in [0.25, 0.3) is 11.2 Å². The number of aliphatic hydroxyl groups excluding tert-OH is 1. The predicted molar refractivity (Wildman–Crippen MR) is 129 cm³/mol. The average molecular weight is 459 g/mol. The topological polar surface area (TPSA) is 107 Å². The van der Waals surface area contributed by atoms with Gasteiger partial charge in [-0.15, -0.1) is 0 Å². The van der Waals surface area contributed by atoms with E-state index in [2.05, 4.69) is 29.0 Å². The van der Waals surface area contributed by atoms with Crippen LogP contribution in [0.4, 0.5) is 5.95 Å². The highest BCUT2D eigenvalue weighted by molar-refractivity contribution is 5.74. The molecule has 0 amide bonds. The molecule has 2 N–H and O–H groups in total. The molecule has 1 aromatic carbocycles. The first-order chi connectivity index (χ1) is 15.8. The molecule has 0 aliphatic carbocycles. The van der Waals surface area contributed by atoms with Crippen molar-refractivity contribution >= 4 is 17.1 Å². The maximum atomic E-state index is 13.0. The van der Waals surface area contributed by atoms with Crippen LogP contribution in [0.1, 0.15) is 19.4 Å². The number of imidazole rings is 1. The Morgan fingerprint density at radius 3 is 2.52 bits per heavy atom. The van der Waals surface area contributed by atoms with Crippen molar-refractivity contribution in [1.29, 1.82) is 0 Å². The van der Waals surface area contributed by atoms with E-state index in [9.17, 15) is 14.7 Å². The largest absolute Gasteiger partial charge is 0.491 e. The number of likely N-dealkylation sites (N-methyl/N-ethyl adjacent to an activating group) is 1. The number of benzene rings is 1. The quantitative estimate of drug-likeness (QED) is 0.440. The first kappa shape index (κ1) is 24.5. The van der Waals surface area contributed by atoms with Crippen molar-refractivity contribution in [2.45, 2.75) is 33.4 Å². The van der Waals surface area contributed by atoms with E-state index in [0.29, 0.717) is 18.2 Å². The molecule has 1 unspecified atom stereocenters. The van der Waals surface area contributed by atoms with Crippen LogP contribution >= 0.6 is 0 Å². The molecule has 1 atom stereocenters. The number of nitrogens with one attached hydrogen (secondary N) is 1. The molecule has 0 saturated heterocycles. The molecule has 0 aliphatic heterocycles. The van der Waals surface area contributed by atoms with Gasteiger partial charge >= 0.3 is 5.69 Å². The number of anilines is 1. The number of ether oxygens (including phenoxy) is 1. The number of rotatable bonds is 11. The second-order valence-corrected chi connectivity index (χ2v) is 8.11. The first-order valence-electron chi connectivity index (χ1n) is 11.3. The molecule has 0 saturated carbocycles. The number of fused-ring (bicyclic) bond motifs is 1. The van der Waals surface area contributed by atoms with Gasteiger partial charge in [-0.05, 0) is 31.6 Å². The number of aromatic nitrogens is 4. The molecule has 33 heavy (non-hydrogen) atoms. The molecule has 0 bridgehead atoms. The predicted octanol–water partition coefficient (Wildman–Crippen LogP) is 0.936. The van der Waals surface area contributed by atoms with Gasteiger partial charge in [0.25, 0.3) is 5.56 Å². The summed E-state index contributed by atoms with van der Waals surface area (Å²) in [4.78, 5) is 32.2. The van der Waals surface area contributed by atoms with Gasteiger partial charge in [0.1, 0.15) is 18.5 Å². The number of para-hydroxylation sites is 1. The van der Waals surface area contributed by atoms with E-state index < -0.39 is 17.4 Å². The van der Waals surface area contributed by atoms with Gasteiger partial charge in [0.05, 0.1) is 6.54 Å². The third-order valence-corrected chi connectivity index (χ3v) is 5.87. The number of hydrogen-bond donors (Lipinski definition) is 2. The molecule has 3 rings (SSSR count). The fourth-order valence-electron chi connectivity index (χ4n) is 3.79. The van der Waals surface area contributed by atoms with Crippen molar-refractivity contribution in [3.05, 3.63) is 50.7 Å². The third kappa shape index (κ3) is 5.28. The van der Waals surface area contributed by atoms with E-state index in [1.165, 1.54) is 11.6 Å². The minimum Gasteiger partial charge on any atom is -0.491 e. The van der Waals surface area contributed by atoms with Gasteiger partial charge in [-0.3, -0.25) is 13.9 Å². The number of aryl methyl sites for hydroxylation is 2. The number of nitrogens with zero attached hydrogens (tertiary/aromatic N) is 5. The van der Waals surface area contributed by atoms with E-state index in [4.69, 9.17) is 4.74 Å². The fraction of sp³-hybridized carbons (Fsp3) is 0.522.